The maximum Gasteiger partial charge on any atom is 0.256 e. The van der Waals surface area contributed by atoms with Crippen LogP contribution in [0, 0.1) is 25.2 Å². The summed E-state index contributed by atoms with van der Waals surface area (Å²) in [7, 11) is 0. The standard InChI is InChI=1S/C19H14ClN3O/c1-11-3-6-18-15(7-11)16(8-12(2)22-18)19(24)23-14-4-5-17(20)13(9-14)10-21/h3-9H,1-2H3,(H,23,24). The van der Waals surface area contributed by atoms with Crippen molar-refractivity contribution in [2.45, 2.75) is 13.8 Å². The Balaban J connectivity index is 2.03. The maximum atomic E-state index is 12.7. The fraction of sp³-hybridized carbons (Fsp3) is 0.105. The molecule has 2 aromatic carbocycles. The molecule has 3 rings (SSSR count). The average molecular weight is 336 g/mol. The summed E-state index contributed by atoms with van der Waals surface area (Å²) in [5, 5.41) is 13.0. The third kappa shape index (κ3) is 3.08. The number of nitriles is 1. The number of fused-ring (bicyclic) bond motifs is 1. The van der Waals surface area contributed by atoms with Gasteiger partial charge in [-0.2, -0.15) is 5.26 Å². The molecule has 0 fully saturated rings. The third-order valence-electron chi connectivity index (χ3n) is 3.68. The number of anilines is 1. The second-order valence-corrected chi connectivity index (χ2v) is 6.00. The van der Waals surface area contributed by atoms with E-state index in [2.05, 4.69) is 10.3 Å². The second-order valence-electron chi connectivity index (χ2n) is 5.59. The van der Waals surface area contributed by atoms with Gasteiger partial charge in [0.25, 0.3) is 5.91 Å². The number of pyridine rings is 1. The van der Waals surface area contributed by atoms with Crippen LogP contribution in [-0.2, 0) is 0 Å². The highest BCUT2D eigenvalue weighted by Gasteiger charge is 2.13. The lowest BCUT2D eigenvalue weighted by molar-refractivity contribution is 0.102. The molecule has 0 saturated heterocycles. The number of aromatic nitrogens is 1. The normalized spacial score (nSPS) is 10.4. The summed E-state index contributed by atoms with van der Waals surface area (Å²) in [6.45, 7) is 3.82. The minimum Gasteiger partial charge on any atom is -0.322 e. The molecule has 0 saturated carbocycles. The SMILES string of the molecule is Cc1ccc2nc(C)cc(C(=O)Nc3ccc(Cl)c(C#N)c3)c2c1. The molecule has 3 aromatic rings. The first-order valence-corrected chi connectivity index (χ1v) is 7.75. The molecule has 0 atom stereocenters. The van der Waals surface area contributed by atoms with Gasteiger partial charge in [-0.05, 0) is 50.2 Å². The third-order valence-corrected chi connectivity index (χ3v) is 4.01. The summed E-state index contributed by atoms with van der Waals surface area (Å²) in [5.74, 6) is -0.248. The molecule has 1 N–H and O–H groups in total. The van der Waals surface area contributed by atoms with E-state index in [1.54, 1.807) is 24.3 Å². The first kappa shape index (κ1) is 16.0. The van der Waals surface area contributed by atoms with E-state index in [9.17, 15) is 4.79 Å². The minimum atomic E-state index is -0.248. The van der Waals surface area contributed by atoms with Gasteiger partial charge in [-0.1, -0.05) is 23.2 Å². The highest BCUT2D eigenvalue weighted by molar-refractivity contribution is 6.31. The quantitative estimate of drug-likeness (QED) is 0.742. The number of carbonyl (C=O) groups excluding carboxylic acids is 1. The molecule has 1 amide bonds. The minimum absolute atomic E-state index is 0.248. The topological polar surface area (TPSA) is 65.8 Å². The maximum absolute atomic E-state index is 12.7. The Morgan fingerprint density at radius 1 is 1.17 bits per heavy atom. The molecule has 0 bridgehead atoms. The number of hydrogen-bond acceptors (Lipinski definition) is 3. The van der Waals surface area contributed by atoms with Gasteiger partial charge in [0, 0.05) is 16.8 Å². The van der Waals surface area contributed by atoms with E-state index in [1.165, 1.54) is 0 Å². The van der Waals surface area contributed by atoms with Gasteiger partial charge in [-0.3, -0.25) is 9.78 Å². The summed E-state index contributed by atoms with van der Waals surface area (Å²) in [6.07, 6.45) is 0. The van der Waals surface area contributed by atoms with Crippen LogP contribution < -0.4 is 5.32 Å². The summed E-state index contributed by atoms with van der Waals surface area (Å²) in [4.78, 5) is 17.2. The van der Waals surface area contributed by atoms with Gasteiger partial charge < -0.3 is 5.32 Å². The fourth-order valence-electron chi connectivity index (χ4n) is 2.55. The van der Waals surface area contributed by atoms with E-state index in [-0.39, 0.29) is 5.91 Å². The highest BCUT2D eigenvalue weighted by atomic mass is 35.5. The fourth-order valence-corrected chi connectivity index (χ4v) is 2.71. The lowest BCUT2D eigenvalue weighted by Gasteiger charge is -2.10. The summed E-state index contributed by atoms with van der Waals surface area (Å²) in [6, 6.07) is 14.4. The van der Waals surface area contributed by atoms with Crippen molar-refractivity contribution >= 4 is 34.1 Å². The Hall–Kier alpha value is -2.90. The van der Waals surface area contributed by atoms with E-state index in [4.69, 9.17) is 16.9 Å². The number of carbonyl (C=O) groups is 1. The van der Waals surface area contributed by atoms with Gasteiger partial charge in [0.15, 0.2) is 0 Å². The van der Waals surface area contributed by atoms with Crippen LogP contribution in [0.3, 0.4) is 0 Å². The van der Waals surface area contributed by atoms with Crippen LogP contribution in [0.15, 0.2) is 42.5 Å². The number of nitrogens with one attached hydrogen (secondary N) is 1. The van der Waals surface area contributed by atoms with E-state index >= 15 is 0 Å². The number of nitrogens with zero attached hydrogens (tertiary/aromatic N) is 2. The molecule has 4 nitrogen and oxygen atoms in total. The van der Waals surface area contributed by atoms with Crippen LogP contribution >= 0.6 is 11.6 Å². The van der Waals surface area contributed by atoms with Crippen LogP contribution in [0.5, 0.6) is 0 Å². The molecule has 0 aliphatic rings. The van der Waals surface area contributed by atoms with Crippen molar-refractivity contribution in [3.63, 3.8) is 0 Å². The summed E-state index contributed by atoms with van der Waals surface area (Å²) in [5.41, 5.74) is 4.00. The molecular weight excluding hydrogens is 322 g/mol. The van der Waals surface area contributed by atoms with Crippen molar-refractivity contribution < 1.29 is 4.79 Å². The van der Waals surface area contributed by atoms with Gasteiger partial charge in [-0.15, -0.1) is 0 Å². The zero-order valence-corrected chi connectivity index (χ0v) is 14.0. The average Bonchev–Trinajstić information content (AvgIpc) is 2.56. The summed E-state index contributed by atoms with van der Waals surface area (Å²) < 4.78 is 0. The molecule has 0 spiro atoms. The Bertz CT molecular complexity index is 1010. The Morgan fingerprint density at radius 3 is 2.71 bits per heavy atom. The van der Waals surface area contributed by atoms with Crippen LogP contribution in [-0.4, -0.2) is 10.9 Å². The molecule has 1 aromatic heterocycles. The van der Waals surface area contributed by atoms with Crippen LogP contribution in [0.25, 0.3) is 10.9 Å². The van der Waals surface area contributed by atoms with Crippen molar-refractivity contribution in [1.82, 2.24) is 4.98 Å². The van der Waals surface area contributed by atoms with Crippen molar-refractivity contribution in [3.8, 4) is 6.07 Å². The first-order valence-electron chi connectivity index (χ1n) is 7.37. The van der Waals surface area contributed by atoms with E-state index in [0.717, 1.165) is 22.2 Å². The Labute approximate surface area is 144 Å². The predicted molar refractivity (Wildman–Crippen MR) is 95.3 cm³/mol. The molecule has 0 aliphatic carbocycles. The molecule has 1 heterocycles. The molecule has 5 heteroatoms. The monoisotopic (exact) mass is 335 g/mol. The van der Waals surface area contributed by atoms with Gasteiger partial charge >= 0.3 is 0 Å². The van der Waals surface area contributed by atoms with Gasteiger partial charge in [0.05, 0.1) is 21.7 Å². The van der Waals surface area contributed by atoms with Crippen LogP contribution in [0.1, 0.15) is 27.2 Å². The van der Waals surface area contributed by atoms with Gasteiger partial charge in [0.1, 0.15) is 6.07 Å². The number of benzene rings is 2. The Kier molecular flexibility index (Phi) is 4.20. The van der Waals surface area contributed by atoms with Crippen molar-refractivity contribution in [2.75, 3.05) is 5.32 Å². The molecule has 0 aliphatic heterocycles. The smallest absolute Gasteiger partial charge is 0.256 e. The lowest BCUT2D eigenvalue weighted by Crippen LogP contribution is -2.13. The molecule has 24 heavy (non-hydrogen) atoms. The van der Waals surface area contributed by atoms with Crippen molar-refractivity contribution in [1.29, 1.82) is 5.26 Å². The van der Waals surface area contributed by atoms with Crippen LogP contribution in [0.4, 0.5) is 5.69 Å². The largest absolute Gasteiger partial charge is 0.322 e. The number of amides is 1. The second kappa shape index (κ2) is 6.31. The molecule has 0 unspecified atom stereocenters. The van der Waals surface area contributed by atoms with Gasteiger partial charge in [0.2, 0.25) is 0 Å². The zero-order valence-electron chi connectivity index (χ0n) is 13.2. The predicted octanol–water partition coefficient (Wildman–Crippen LogP) is 4.63. The van der Waals surface area contributed by atoms with Crippen molar-refractivity contribution in [2.24, 2.45) is 0 Å². The molecule has 0 radical (unpaired) electrons. The first-order chi connectivity index (χ1) is 11.5. The van der Waals surface area contributed by atoms with Crippen molar-refractivity contribution in [3.05, 3.63) is 69.9 Å². The van der Waals surface area contributed by atoms with Crippen LogP contribution in [0.2, 0.25) is 5.02 Å². The van der Waals surface area contributed by atoms with Gasteiger partial charge in [-0.25, -0.2) is 0 Å². The summed E-state index contributed by atoms with van der Waals surface area (Å²) >= 11 is 5.92. The zero-order chi connectivity index (χ0) is 17.3. The lowest BCUT2D eigenvalue weighted by atomic mass is 10.0. The number of hydrogen-bond donors (Lipinski definition) is 1. The highest BCUT2D eigenvalue weighted by Crippen LogP contribution is 2.23. The number of rotatable bonds is 2. The molecular formula is C19H14ClN3O. The Morgan fingerprint density at radius 2 is 1.96 bits per heavy atom. The van der Waals surface area contributed by atoms with E-state index in [1.807, 2.05) is 38.1 Å². The van der Waals surface area contributed by atoms with E-state index < -0.39 is 0 Å². The number of halogens is 1. The van der Waals surface area contributed by atoms with E-state index in [0.29, 0.717) is 21.8 Å². The number of aryl methyl sites for hydroxylation is 2. The molecule has 118 valence electrons.